The Morgan fingerprint density at radius 1 is 0.933 bits per heavy atom. The molecule has 1 aromatic carbocycles. The Balaban J connectivity index is 2.07. The summed E-state index contributed by atoms with van der Waals surface area (Å²) >= 11 is 0.116. The van der Waals surface area contributed by atoms with Gasteiger partial charge in [-0.1, -0.05) is 0 Å². The molecule has 0 unspecified atom stereocenters. The monoisotopic (exact) mass is 320 g/mol. The fourth-order valence-electron chi connectivity index (χ4n) is 1.53. The van der Waals surface area contributed by atoms with Gasteiger partial charge in [0, 0.05) is 0 Å². The van der Waals surface area contributed by atoms with Crippen LogP contribution in [0, 0.1) is 6.92 Å². The SMILES string of the molecule is CCCCCCC[Te]c1ccc(C)cc1. The van der Waals surface area contributed by atoms with Gasteiger partial charge in [0.05, 0.1) is 0 Å². The van der Waals surface area contributed by atoms with Gasteiger partial charge < -0.3 is 0 Å². The standard InChI is InChI=1S/C14H22Te/c1-3-4-5-6-7-12-15-14-10-8-13(2)9-11-14/h8-11H,3-7,12H2,1-2H3. The second-order valence-electron chi connectivity index (χ2n) is 4.08. The van der Waals surface area contributed by atoms with Crippen LogP contribution in [-0.2, 0) is 0 Å². The van der Waals surface area contributed by atoms with Crippen molar-refractivity contribution in [1.29, 1.82) is 0 Å². The first-order valence-corrected chi connectivity index (χ1v) is 8.83. The second-order valence-corrected chi connectivity index (χ2v) is 7.41. The van der Waals surface area contributed by atoms with Crippen molar-refractivity contribution in [3.63, 3.8) is 0 Å². The molecule has 0 radical (unpaired) electrons. The van der Waals surface area contributed by atoms with Crippen molar-refractivity contribution in [2.75, 3.05) is 0 Å². The fourth-order valence-corrected chi connectivity index (χ4v) is 4.14. The van der Waals surface area contributed by atoms with E-state index in [0.717, 1.165) is 0 Å². The molecule has 0 saturated heterocycles. The van der Waals surface area contributed by atoms with E-state index in [-0.39, 0.29) is 20.9 Å². The first-order valence-electron chi connectivity index (χ1n) is 6.02. The van der Waals surface area contributed by atoms with E-state index in [1.165, 1.54) is 42.1 Å². The van der Waals surface area contributed by atoms with Gasteiger partial charge in [-0.25, -0.2) is 0 Å². The van der Waals surface area contributed by atoms with Crippen LogP contribution >= 0.6 is 0 Å². The van der Waals surface area contributed by atoms with Crippen LogP contribution in [0.2, 0.25) is 4.47 Å². The zero-order valence-corrected chi connectivity index (χ0v) is 12.3. The van der Waals surface area contributed by atoms with Crippen LogP contribution in [0.4, 0.5) is 0 Å². The molecule has 0 bridgehead atoms. The Hall–Kier alpha value is 0.00961. The first kappa shape index (κ1) is 13.1. The third-order valence-electron chi connectivity index (χ3n) is 2.54. The Morgan fingerprint density at radius 3 is 2.27 bits per heavy atom. The van der Waals surface area contributed by atoms with Crippen LogP contribution in [0.25, 0.3) is 0 Å². The molecular formula is C14H22Te. The van der Waals surface area contributed by atoms with Crippen LogP contribution in [0.3, 0.4) is 0 Å². The van der Waals surface area contributed by atoms with Gasteiger partial charge in [0.1, 0.15) is 0 Å². The van der Waals surface area contributed by atoms with E-state index < -0.39 is 0 Å². The summed E-state index contributed by atoms with van der Waals surface area (Å²) in [5.41, 5.74) is 1.38. The van der Waals surface area contributed by atoms with Gasteiger partial charge in [-0.3, -0.25) is 0 Å². The molecule has 84 valence electrons. The third-order valence-corrected chi connectivity index (χ3v) is 5.67. The van der Waals surface area contributed by atoms with Crippen molar-refractivity contribution in [3.05, 3.63) is 29.8 Å². The van der Waals surface area contributed by atoms with Crippen molar-refractivity contribution in [3.8, 4) is 0 Å². The molecule has 0 saturated carbocycles. The van der Waals surface area contributed by atoms with Gasteiger partial charge in [-0.05, 0) is 0 Å². The summed E-state index contributed by atoms with van der Waals surface area (Å²) in [5, 5.41) is 0. The van der Waals surface area contributed by atoms with Crippen molar-refractivity contribution in [1.82, 2.24) is 0 Å². The van der Waals surface area contributed by atoms with Gasteiger partial charge >= 0.3 is 105 Å². The summed E-state index contributed by atoms with van der Waals surface area (Å²) in [6.07, 6.45) is 7.12. The molecule has 0 aliphatic rings. The van der Waals surface area contributed by atoms with Crippen LogP contribution in [0.5, 0.6) is 0 Å². The van der Waals surface area contributed by atoms with E-state index in [0.29, 0.717) is 0 Å². The van der Waals surface area contributed by atoms with Gasteiger partial charge in [0.2, 0.25) is 0 Å². The molecule has 15 heavy (non-hydrogen) atoms. The number of aryl methyl sites for hydroxylation is 1. The van der Waals surface area contributed by atoms with Gasteiger partial charge in [-0.15, -0.1) is 0 Å². The van der Waals surface area contributed by atoms with Crippen LogP contribution in [0.15, 0.2) is 24.3 Å². The Kier molecular flexibility index (Phi) is 7.14. The maximum absolute atomic E-state index is 2.32. The molecule has 0 amide bonds. The molecule has 0 spiro atoms. The van der Waals surface area contributed by atoms with Crippen LogP contribution < -0.4 is 3.61 Å². The minimum absolute atomic E-state index is 0.116. The average Bonchev–Trinajstić information content (AvgIpc) is 2.26. The van der Waals surface area contributed by atoms with E-state index in [1.807, 2.05) is 0 Å². The summed E-state index contributed by atoms with van der Waals surface area (Å²) in [5.74, 6) is 0. The molecule has 0 heterocycles. The zero-order chi connectivity index (χ0) is 10.9. The average molecular weight is 318 g/mol. The quantitative estimate of drug-likeness (QED) is 0.531. The molecule has 0 aliphatic carbocycles. The number of unbranched alkanes of at least 4 members (excludes halogenated alkanes) is 4. The predicted molar refractivity (Wildman–Crippen MR) is 70.1 cm³/mol. The summed E-state index contributed by atoms with van der Waals surface area (Å²) in [6.45, 7) is 4.44. The molecule has 0 aliphatic heterocycles. The van der Waals surface area contributed by atoms with Crippen molar-refractivity contribution < 1.29 is 0 Å². The van der Waals surface area contributed by atoms with Crippen molar-refractivity contribution in [2.45, 2.75) is 50.4 Å². The molecule has 1 aromatic rings. The Morgan fingerprint density at radius 2 is 1.60 bits per heavy atom. The van der Waals surface area contributed by atoms with Gasteiger partial charge in [0.15, 0.2) is 0 Å². The van der Waals surface area contributed by atoms with Crippen molar-refractivity contribution in [2.24, 2.45) is 0 Å². The van der Waals surface area contributed by atoms with E-state index in [9.17, 15) is 0 Å². The fraction of sp³-hybridized carbons (Fsp3) is 0.571. The molecule has 0 atom stereocenters. The summed E-state index contributed by atoms with van der Waals surface area (Å²) in [4.78, 5) is 0. The summed E-state index contributed by atoms with van der Waals surface area (Å²) < 4.78 is 3.11. The normalized spacial score (nSPS) is 10.5. The van der Waals surface area contributed by atoms with E-state index in [4.69, 9.17) is 0 Å². The predicted octanol–water partition coefficient (Wildman–Crippen LogP) is 3.71. The molecule has 0 nitrogen and oxygen atoms in total. The van der Waals surface area contributed by atoms with E-state index in [2.05, 4.69) is 38.1 Å². The molecule has 0 N–H and O–H groups in total. The zero-order valence-electron chi connectivity index (χ0n) is 9.96. The number of rotatable bonds is 7. The second kappa shape index (κ2) is 8.20. The molecule has 1 rings (SSSR count). The first-order chi connectivity index (χ1) is 7.33. The van der Waals surface area contributed by atoms with E-state index >= 15 is 0 Å². The summed E-state index contributed by atoms with van der Waals surface area (Å²) in [6, 6.07) is 9.14. The van der Waals surface area contributed by atoms with E-state index in [1.54, 1.807) is 3.61 Å². The number of hydrogen-bond acceptors (Lipinski definition) is 0. The third kappa shape index (κ3) is 6.23. The minimum atomic E-state index is 0.116. The Bertz CT molecular complexity index is 251. The van der Waals surface area contributed by atoms with Crippen molar-refractivity contribution >= 4 is 24.5 Å². The Labute approximate surface area is 105 Å². The molecular weight excluding hydrogens is 296 g/mol. The topological polar surface area (TPSA) is 0 Å². The molecule has 1 heteroatoms. The molecule has 0 fully saturated rings. The number of hydrogen-bond donors (Lipinski definition) is 0. The molecule has 0 aromatic heterocycles. The maximum atomic E-state index is 2.32. The summed E-state index contributed by atoms with van der Waals surface area (Å²) in [7, 11) is 0. The van der Waals surface area contributed by atoms with Crippen LogP contribution in [0.1, 0.15) is 44.6 Å². The van der Waals surface area contributed by atoms with Crippen LogP contribution in [-0.4, -0.2) is 20.9 Å². The number of benzene rings is 1. The van der Waals surface area contributed by atoms with Gasteiger partial charge in [0.25, 0.3) is 0 Å². The van der Waals surface area contributed by atoms with Gasteiger partial charge in [-0.2, -0.15) is 0 Å².